The van der Waals surface area contributed by atoms with E-state index in [0.717, 1.165) is 12.3 Å². The van der Waals surface area contributed by atoms with Gasteiger partial charge in [0.1, 0.15) is 0 Å². The van der Waals surface area contributed by atoms with Crippen molar-refractivity contribution in [2.24, 2.45) is 28.6 Å². The van der Waals surface area contributed by atoms with Crippen molar-refractivity contribution >= 4 is 0 Å². The van der Waals surface area contributed by atoms with Crippen LogP contribution in [-0.4, -0.2) is 10.7 Å². The predicted octanol–water partition coefficient (Wildman–Crippen LogP) is 3.61. The van der Waals surface area contributed by atoms with Gasteiger partial charge in [-0.15, -0.1) is 0 Å². The predicted molar refractivity (Wildman–Crippen MR) is 66.1 cm³/mol. The highest BCUT2D eigenvalue weighted by Crippen LogP contribution is 2.68. The number of rotatable bonds is 1. The van der Waals surface area contributed by atoms with Crippen molar-refractivity contribution in [1.29, 1.82) is 0 Å². The van der Waals surface area contributed by atoms with Gasteiger partial charge in [0.25, 0.3) is 0 Å². The molecule has 3 fully saturated rings. The van der Waals surface area contributed by atoms with Gasteiger partial charge in [-0.25, -0.2) is 0 Å². The van der Waals surface area contributed by atoms with E-state index in [9.17, 15) is 5.11 Å². The lowest BCUT2D eigenvalue weighted by Crippen LogP contribution is -2.50. The first kappa shape index (κ1) is 11.1. The van der Waals surface area contributed by atoms with Crippen LogP contribution < -0.4 is 0 Å². The van der Waals surface area contributed by atoms with E-state index in [1.807, 2.05) is 0 Å². The molecule has 0 heterocycles. The van der Waals surface area contributed by atoms with E-state index in [1.165, 1.54) is 25.7 Å². The lowest BCUT2D eigenvalue weighted by Gasteiger charge is -2.51. The third-order valence-electron chi connectivity index (χ3n) is 6.31. The zero-order valence-electron chi connectivity index (χ0n) is 11.2. The minimum Gasteiger partial charge on any atom is -0.389 e. The van der Waals surface area contributed by atoms with Crippen LogP contribution in [0.3, 0.4) is 0 Å². The molecule has 0 aliphatic heterocycles. The SMILES string of the molecule is C[C@H]1[C@H]2CC[C@@]2(C)C[C@]1(O)C1CC(C)(C)C1. The van der Waals surface area contributed by atoms with Crippen molar-refractivity contribution in [2.45, 2.75) is 65.4 Å². The summed E-state index contributed by atoms with van der Waals surface area (Å²) >= 11 is 0. The molecule has 3 rings (SSSR count). The van der Waals surface area contributed by atoms with Crippen LogP contribution in [0.5, 0.6) is 0 Å². The molecule has 0 bridgehead atoms. The van der Waals surface area contributed by atoms with Crippen LogP contribution in [0.1, 0.15) is 59.8 Å². The van der Waals surface area contributed by atoms with E-state index in [1.54, 1.807) is 0 Å². The van der Waals surface area contributed by atoms with Crippen molar-refractivity contribution in [1.82, 2.24) is 0 Å². The maximum absolute atomic E-state index is 11.1. The highest BCUT2D eigenvalue weighted by Gasteiger charge is 2.64. The van der Waals surface area contributed by atoms with Crippen molar-refractivity contribution < 1.29 is 5.11 Å². The summed E-state index contributed by atoms with van der Waals surface area (Å²) in [5, 5.41) is 11.1. The molecule has 1 N–H and O–H groups in total. The second-order valence-electron chi connectivity index (χ2n) is 8.03. The summed E-state index contributed by atoms with van der Waals surface area (Å²) in [6.45, 7) is 9.38. The standard InChI is InChI=1S/C15H26O/c1-10-12-5-6-14(12,4)9-15(10,16)11-7-13(2,3)8-11/h10-12,16H,5-9H2,1-4H3/t10-,12+,14-,15+/m0/s1. The van der Waals surface area contributed by atoms with E-state index in [0.29, 0.717) is 22.7 Å². The molecule has 0 aromatic heterocycles. The molecule has 0 unspecified atom stereocenters. The zero-order valence-corrected chi connectivity index (χ0v) is 11.2. The fourth-order valence-corrected chi connectivity index (χ4v) is 5.18. The normalized spacial score (nSPS) is 55.3. The van der Waals surface area contributed by atoms with Gasteiger partial charge < -0.3 is 5.11 Å². The molecule has 4 atom stereocenters. The Balaban J connectivity index is 1.79. The molecule has 92 valence electrons. The molecule has 0 spiro atoms. The summed E-state index contributed by atoms with van der Waals surface area (Å²) in [7, 11) is 0. The molecule has 0 saturated heterocycles. The van der Waals surface area contributed by atoms with E-state index < -0.39 is 0 Å². The Morgan fingerprint density at radius 1 is 1.12 bits per heavy atom. The first-order valence-corrected chi connectivity index (χ1v) is 6.99. The summed E-state index contributed by atoms with van der Waals surface area (Å²) in [6, 6.07) is 0. The van der Waals surface area contributed by atoms with Crippen molar-refractivity contribution in [3.63, 3.8) is 0 Å². The molecule has 16 heavy (non-hydrogen) atoms. The van der Waals surface area contributed by atoms with Gasteiger partial charge in [-0.05, 0) is 60.7 Å². The molecule has 3 aliphatic rings. The first-order valence-electron chi connectivity index (χ1n) is 6.99. The van der Waals surface area contributed by atoms with Gasteiger partial charge in [0, 0.05) is 0 Å². The number of fused-ring (bicyclic) bond motifs is 1. The van der Waals surface area contributed by atoms with Crippen LogP contribution in [0.15, 0.2) is 0 Å². The summed E-state index contributed by atoms with van der Waals surface area (Å²) in [6.07, 6.45) is 6.25. The fraction of sp³-hybridized carbons (Fsp3) is 1.00. The Morgan fingerprint density at radius 3 is 2.06 bits per heavy atom. The summed E-state index contributed by atoms with van der Waals surface area (Å²) in [5.41, 5.74) is 0.641. The van der Waals surface area contributed by atoms with Crippen molar-refractivity contribution in [3.8, 4) is 0 Å². The van der Waals surface area contributed by atoms with E-state index >= 15 is 0 Å². The highest BCUT2D eigenvalue weighted by molar-refractivity contribution is 5.14. The Labute approximate surface area is 99.6 Å². The molecule has 0 aromatic rings. The minimum absolute atomic E-state index is 0.328. The number of hydrogen-bond donors (Lipinski definition) is 1. The van der Waals surface area contributed by atoms with Crippen LogP contribution in [0.25, 0.3) is 0 Å². The van der Waals surface area contributed by atoms with Gasteiger partial charge in [-0.1, -0.05) is 27.7 Å². The van der Waals surface area contributed by atoms with Crippen LogP contribution in [0, 0.1) is 28.6 Å². The second kappa shape index (κ2) is 2.85. The molecule has 3 aliphatic carbocycles. The lowest BCUT2D eigenvalue weighted by molar-refractivity contribution is -0.119. The third kappa shape index (κ3) is 1.21. The Kier molecular flexibility index (Phi) is 1.98. The Morgan fingerprint density at radius 2 is 1.75 bits per heavy atom. The minimum atomic E-state index is -0.328. The second-order valence-corrected chi connectivity index (χ2v) is 8.03. The van der Waals surface area contributed by atoms with Gasteiger partial charge in [-0.3, -0.25) is 0 Å². The molecule has 0 aromatic carbocycles. The molecule has 1 nitrogen and oxygen atoms in total. The van der Waals surface area contributed by atoms with Gasteiger partial charge in [0.05, 0.1) is 5.60 Å². The lowest BCUT2D eigenvalue weighted by atomic mass is 9.56. The quantitative estimate of drug-likeness (QED) is 0.718. The van der Waals surface area contributed by atoms with Gasteiger partial charge in [0.2, 0.25) is 0 Å². The number of aliphatic hydroxyl groups is 1. The maximum Gasteiger partial charge on any atom is 0.0709 e. The molecule has 0 amide bonds. The maximum atomic E-state index is 11.1. The van der Waals surface area contributed by atoms with Crippen molar-refractivity contribution in [2.75, 3.05) is 0 Å². The van der Waals surface area contributed by atoms with Crippen LogP contribution in [-0.2, 0) is 0 Å². The zero-order chi connectivity index (χ0) is 11.8. The summed E-state index contributed by atoms with van der Waals surface area (Å²) in [4.78, 5) is 0. The molecule has 3 saturated carbocycles. The van der Waals surface area contributed by atoms with Gasteiger partial charge in [-0.2, -0.15) is 0 Å². The highest BCUT2D eigenvalue weighted by atomic mass is 16.3. The van der Waals surface area contributed by atoms with Crippen molar-refractivity contribution in [3.05, 3.63) is 0 Å². The smallest absolute Gasteiger partial charge is 0.0709 e. The molecular formula is C15H26O. The average Bonchev–Trinajstić information content (AvgIpc) is 2.22. The topological polar surface area (TPSA) is 20.2 Å². The Hall–Kier alpha value is -0.0400. The average molecular weight is 222 g/mol. The first-order chi connectivity index (χ1) is 7.27. The molecular weight excluding hydrogens is 196 g/mol. The van der Waals surface area contributed by atoms with Gasteiger partial charge in [0.15, 0.2) is 0 Å². The van der Waals surface area contributed by atoms with E-state index in [-0.39, 0.29) is 5.60 Å². The summed E-state index contributed by atoms with van der Waals surface area (Å²) in [5.74, 6) is 1.92. The van der Waals surface area contributed by atoms with Crippen LogP contribution in [0.4, 0.5) is 0 Å². The number of hydrogen-bond acceptors (Lipinski definition) is 1. The van der Waals surface area contributed by atoms with E-state index in [2.05, 4.69) is 27.7 Å². The molecule has 1 heteroatoms. The van der Waals surface area contributed by atoms with Gasteiger partial charge >= 0.3 is 0 Å². The van der Waals surface area contributed by atoms with Crippen LogP contribution >= 0.6 is 0 Å². The fourth-order valence-electron chi connectivity index (χ4n) is 5.18. The Bertz CT molecular complexity index is 313. The van der Waals surface area contributed by atoms with E-state index in [4.69, 9.17) is 0 Å². The third-order valence-corrected chi connectivity index (χ3v) is 6.31. The molecule has 0 radical (unpaired) electrons. The van der Waals surface area contributed by atoms with Crippen LogP contribution in [0.2, 0.25) is 0 Å². The largest absolute Gasteiger partial charge is 0.389 e. The summed E-state index contributed by atoms with van der Waals surface area (Å²) < 4.78 is 0. The monoisotopic (exact) mass is 222 g/mol.